The topological polar surface area (TPSA) is 113 Å². The van der Waals surface area contributed by atoms with Crippen LogP contribution in [0.4, 0.5) is 0 Å². The van der Waals surface area contributed by atoms with E-state index < -0.39 is 30.3 Å². The Bertz CT molecular complexity index is 285. The number of aliphatic carboxylic acids is 2. The molecule has 17 heavy (non-hydrogen) atoms. The zero-order chi connectivity index (χ0) is 12.6. The van der Waals surface area contributed by atoms with Crippen molar-refractivity contribution in [3.63, 3.8) is 0 Å². The van der Waals surface area contributed by atoms with Crippen molar-refractivity contribution in [2.45, 2.75) is 25.3 Å². The van der Waals surface area contributed by atoms with Gasteiger partial charge >= 0.3 is 43.7 Å². The van der Waals surface area contributed by atoms with Crippen LogP contribution in [0.1, 0.15) is 19.3 Å². The second kappa shape index (κ2) is 11.1. The summed E-state index contributed by atoms with van der Waals surface area (Å²) in [5.74, 6) is -2.65. The molecule has 0 aliphatic carbocycles. The van der Waals surface area contributed by atoms with E-state index in [-0.39, 0.29) is 50.6 Å². The minimum atomic E-state index is -1.35. The molecule has 0 amide bonds. The van der Waals surface area contributed by atoms with Crippen molar-refractivity contribution < 1.29 is 24.9 Å². The fourth-order valence-corrected chi connectivity index (χ4v) is 1.38. The van der Waals surface area contributed by atoms with Crippen LogP contribution in [0.2, 0.25) is 0 Å². The quantitative estimate of drug-likeness (QED) is 0.317. The van der Waals surface area contributed by atoms with E-state index in [2.05, 4.69) is 4.99 Å². The molecule has 0 aromatic heterocycles. The van der Waals surface area contributed by atoms with Gasteiger partial charge in [-0.1, -0.05) is 0 Å². The van der Waals surface area contributed by atoms with Crippen molar-refractivity contribution in [2.24, 2.45) is 4.99 Å². The van der Waals surface area contributed by atoms with Crippen molar-refractivity contribution in [3.05, 3.63) is 0 Å². The summed E-state index contributed by atoms with van der Waals surface area (Å²) in [5, 5.41) is 29.9. The Labute approximate surface area is 133 Å². The Morgan fingerprint density at radius 2 is 1.94 bits per heavy atom. The molecule has 0 aromatic carbocycles. The van der Waals surface area contributed by atoms with Gasteiger partial charge in [0.15, 0.2) is 0 Å². The minimum absolute atomic E-state index is 0. The number of carbonyl (C=O) groups excluding carboxylic acids is 1. The molecule has 0 aromatic rings. The summed E-state index contributed by atoms with van der Waals surface area (Å²) in [5.41, 5.74) is 0. The number of hydrogen-bond donors (Lipinski definition) is 1. The van der Waals surface area contributed by atoms with Crippen LogP contribution >= 0.6 is 11.8 Å². The Kier molecular flexibility index (Phi) is 12.7. The maximum Gasteiger partial charge on any atom is 2.00 e. The third kappa shape index (κ3) is 10.9. The number of aliphatic imine (C=N–C) groups is 1. The Morgan fingerprint density at radius 1 is 1.35 bits per heavy atom. The van der Waals surface area contributed by atoms with Gasteiger partial charge in [-0.05, 0) is 37.2 Å². The third-order valence-electron chi connectivity index (χ3n) is 1.72. The van der Waals surface area contributed by atoms with E-state index in [4.69, 9.17) is 5.11 Å². The van der Waals surface area contributed by atoms with Gasteiger partial charge in [0.1, 0.15) is 6.04 Å². The van der Waals surface area contributed by atoms with Crippen molar-refractivity contribution in [2.75, 3.05) is 12.0 Å². The van der Waals surface area contributed by atoms with Gasteiger partial charge in [0, 0.05) is 5.97 Å². The number of carbonyl (C=O) groups is 2. The van der Waals surface area contributed by atoms with E-state index in [1.165, 1.54) is 11.8 Å². The van der Waals surface area contributed by atoms with Crippen molar-refractivity contribution in [1.82, 2.24) is 0 Å². The van der Waals surface area contributed by atoms with E-state index in [0.29, 0.717) is 5.75 Å². The van der Waals surface area contributed by atoms with Gasteiger partial charge in [0.05, 0.1) is 0 Å². The van der Waals surface area contributed by atoms with Crippen LogP contribution in [-0.4, -0.2) is 78.7 Å². The van der Waals surface area contributed by atoms with Crippen LogP contribution in [0.25, 0.3) is 0 Å². The van der Waals surface area contributed by atoms with Crippen LogP contribution in [0.15, 0.2) is 4.99 Å². The van der Waals surface area contributed by atoms with Crippen LogP contribution < -0.4 is 10.2 Å². The predicted octanol–water partition coefficient (Wildman–Crippen LogP) is -1.90. The standard InChI is InChI=1S/C9H15NO5S.Ca/c1-16-5-4-6(9(14)15)10-7(11)2-3-8(12)13;/h6H,2-5H2,1H3,(H,10,11)(H,12,13)(H,14,15);/q;+2/p-2. The molecule has 0 spiro atoms. The fraction of sp³-hybridized carbons (Fsp3) is 0.667. The maximum atomic E-state index is 11.1. The first-order valence-electron chi connectivity index (χ1n) is 4.62. The molecule has 1 unspecified atom stereocenters. The molecular weight excluding hydrogens is 274 g/mol. The van der Waals surface area contributed by atoms with Gasteiger partial charge in [0.2, 0.25) is 0 Å². The minimum Gasteiger partial charge on any atom is -0.862 e. The Hall–Kier alpha value is 0.0197. The van der Waals surface area contributed by atoms with Gasteiger partial charge < -0.3 is 20.1 Å². The molecular formula is C9H13CaNO5S. The van der Waals surface area contributed by atoms with Gasteiger partial charge in [0.25, 0.3) is 0 Å². The molecule has 0 aliphatic heterocycles. The first-order valence-corrected chi connectivity index (χ1v) is 6.02. The second-order valence-electron chi connectivity index (χ2n) is 3.03. The fourth-order valence-electron chi connectivity index (χ4n) is 0.920. The Balaban J connectivity index is 0. The van der Waals surface area contributed by atoms with Gasteiger partial charge in [-0.3, -0.25) is 4.99 Å². The van der Waals surface area contributed by atoms with Gasteiger partial charge in [-0.15, -0.1) is 0 Å². The molecule has 1 N–H and O–H groups in total. The molecule has 0 radical (unpaired) electrons. The number of hydrogen-bond acceptors (Lipinski definition) is 6. The smallest absolute Gasteiger partial charge is 0.862 e. The molecule has 6 nitrogen and oxygen atoms in total. The largest absolute Gasteiger partial charge is 2.00 e. The molecule has 0 heterocycles. The van der Waals surface area contributed by atoms with E-state index in [1.807, 2.05) is 6.26 Å². The zero-order valence-corrected chi connectivity index (χ0v) is 12.6. The number of nitrogens with zero attached hydrogens (tertiary/aromatic N) is 1. The summed E-state index contributed by atoms with van der Waals surface area (Å²) in [6.45, 7) is 0. The first kappa shape index (κ1) is 19.4. The number of rotatable bonds is 8. The maximum absolute atomic E-state index is 11.1. The van der Waals surface area contributed by atoms with E-state index in [1.54, 1.807) is 0 Å². The van der Waals surface area contributed by atoms with Crippen LogP contribution in [0, 0.1) is 0 Å². The predicted molar refractivity (Wildman–Crippen MR) is 61.9 cm³/mol. The van der Waals surface area contributed by atoms with Crippen LogP contribution in [0.3, 0.4) is 0 Å². The van der Waals surface area contributed by atoms with Gasteiger partial charge in [-0.2, -0.15) is 11.8 Å². The molecule has 1 atom stereocenters. The molecule has 0 rings (SSSR count). The number of thioether (sulfide) groups is 1. The number of carboxylic acid groups (broad SMARTS) is 2. The Morgan fingerprint density at radius 3 is 2.35 bits per heavy atom. The van der Waals surface area contributed by atoms with E-state index in [0.717, 1.165) is 0 Å². The van der Waals surface area contributed by atoms with Crippen LogP contribution in [-0.2, 0) is 9.59 Å². The van der Waals surface area contributed by atoms with Crippen molar-refractivity contribution in [1.29, 1.82) is 0 Å². The average molecular weight is 287 g/mol. The van der Waals surface area contributed by atoms with Gasteiger partial charge in [-0.25, -0.2) is 4.79 Å². The monoisotopic (exact) mass is 287 g/mol. The normalized spacial score (nSPS) is 12.6. The van der Waals surface area contributed by atoms with Crippen LogP contribution in [0.5, 0.6) is 0 Å². The summed E-state index contributed by atoms with van der Waals surface area (Å²) >= 11 is 1.45. The molecule has 92 valence electrons. The van der Waals surface area contributed by atoms with E-state index >= 15 is 0 Å². The molecule has 0 fully saturated rings. The second-order valence-corrected chi connectivity index (χ2v) is 4.02. The molecule has 0 bridgehead atoms. The molecule has 0 aliphatic rings. The first-order chi connectivity index (χ1) is 7.47. The summed E-state index contributed by atoms with van der Waals surface area (Å²) in [6.07, 6.45) is 1.33. The molecule has 0 saturated carbocycles. The van der Waals surface area contributed by atoms with Crippen molar-refractivity contribution in [3.8, 4) is 0 Å². The summed E-state index contributed by atoms with van der Waals surface area (Å²) in [4.78, 5) is 24.2. The molecule has 0 saturated heterocycles. The summed E-state index contributed by atoms with van der Waals surface area (Å²) in [6, 6.07) is -1.08. The summed E-state index contributed by atoms with van der Waals surface area (Å²) < 4.78 is 0. The van der Waals surface area contributed by atoms with E-state index in [9.17, 15) is 19.8 Å². The third-order valence-corrected chi connectivity index (χ3v) is 2.37. The number of carboxylic acids is 2. The zero-order valence-electron chi connectivity index (χ0n) is 9.55. The average Bonchev–Trinajstić information content (AvgIpc) is 2.20. The summed E-state index contributed by atoms with van der Waals surface area (Å²) in [7, 11) is 0. The van der Waals surface area contributed by atoms with Crippen molar-refractivity contribution >= 4 is 67.3 Å². The SMILES string of the molecule is CSCCC(N=C([O-])CCC(=O)[O-])C(=O)O.[Ca+2]. The molecule has 8 heteroatoms.